The average Bonchev–Trinajstić information content (AvgIpc) is 2.96. The van der Waals surface area contributed by atoms with Crippen LogP contribution in [0.25, 0.3) is 0 Å². The summed E-state index contributed by atoms with van der Waals surface area (Å²) in [4.78, 5) is 23.6. The lowest BCUT2D eigenvalue weighted by molar-refractivity contribution is -0.144. The number of aromatic nitrogens is 1. The number of carboxylic acid groups (broad SMARTS) is 1. The predicted molar refractivity (Wildman–Crippen MR) is 71.1 cm³/mol. The fraction of sp³-hybridized carbons (Fsp3) is 0.500. The van der Waals surface area contributed by atoms with Gasteiger partial charge >= 0.3 is 5.97 Å². The van der Waals surface area contributed by atoms with E-state index in [4.69, 9.17) is 4.74 Å². The number of nitrogens with zero attached hydrogens (tertiary/aromatic N) is 1. The van der Waals surface area contributed by atoms with Crippen LogP contribution in [0.3, 0.4) is 0 Å². The van der Waals surface area contributed by atoms with Crippen LogP contribution in [-0.4, -0.2) is 40.3 Å². The van der Waals surface area contributed by atoms with E-state index in [9.17, 15) is 14.7 Å². The number of carbonyl (C=O) groups is 2. The SMILES string of the molecule is CCn1cc(Br)cc1C(=O)NC1(C(=O)O)CCOC1. The second kappa shape index (κ2) is 5.34. The molecule has 104 valence electrons. The summed E-state index contributed by atoms with van der Waals surface area (Å²) >= 11 is 3.31. The van der Waals surface area contributed by atoms with Crippen molar-refractivity contribution in [2.45, 2.75) is 25.4 Å². The molecule has 0 spiro atoms. The molecule has 1 unspecified atom stereocenters. The molecule has 1 atom stereocenters. The molecule has 1 aromatic heterocycles. The molecule has 2 N–H and O–H groups in total. The van der Waals surface area contributed by atoms with Crippen LogP contribution in [0.1, 0.15) is 23.8 Å². The first-order chi connectivity index (χ1) is 8.98. The summed E-state index contributed by atoms with van der Waals surface area (Å²) < 4.78 is 7.65. The number of ether oxygens (including phenoxy) is 1. The van der Waals surface area contributed by atoms with Crippen molar-refractivity contribution in [1.82, 2.24) is 9.88 Å². The van der Waals surface area contributed by atoms with Crippen LogP contribution >= 0.6 is 15.9 Å². The number of aliphatic carboxylic acids is 1. The quantitative estimate of drug-likeness (QED) is 0.870. The minimum absolute atomic E-state index is 0.00206. The van der Waals surface area contributed by atoms with Gasteiger partial charge in [0.05, 0.1) is 6.61 Å². The Labute approximate surface area is 118 Å². The Morgan fingerprint density at radius 2 is 2.37 bits per heavy atom. The Hall–Kier alpha value is -1.34. The van der Waals surface area contributed by atoms with Gasteiger partial charge in [0.15, 0.2) is 5.54 Å². The molecule has 0 bridgehead atoms. The monoisotopic (exact) mass is 330 g/mol. The van der Waals surface area contributed by atoms with Gasteiger partial charge in [0.2, 0.25) is 0 Å². The molecule has 0 radical (unpaired) electrons. The van der Waals surface area contributed by atoms with Crippen LogP contribution in [0.4, 0.5) is 0 Å². The minimum Gasteiger partial charge on any atom is -0.479 e. The molecular formula is C12H15BrN2O4. The molecule has 2 heterocycles. The maximum Gasteiger partial charge on any atom is 0.331 e. The highest BCUT2D eigenvalue weighted by molar-refractivity contribution is 9.10. The molecule has 0 saturated carbocycles. The van der Waals surface area contributed by atoms with Crippen molar-refractivity contribution in [3.05, 3.63) is 22.4 Å². The molecule has 2 rings (SSSR count). The first-order valence-corrected chi connectivity index (χ1v) is 6.77. The van der Waals surface area contributed by atoms with E-state index in [2.05, 4.69) is 21.2 Å². The number of carbonyl (C=O) groups excluding carboxylic acids is 1. The zero-order chi connectivity index (χ0) is 14.0. The fourth-order valence-electron chi connectivity index (χ4n) is 2.09. The van der Waals surface area contributed by atoms with Crippen LogP contribution < -0.4 is 5.32 Å². The third-order valence-corrected chi connectivity index (χ3v) is 3.65. The highest BCUT2D eigenvalue weighted by Gasteiger charge is 2.44. The van der Waals surface area contributed by atoms with Gasteiger partial charge in [0.25, 0.3) is 5.91 Å². The lowest BCUT2D eigenvalue weighted by atomic mass is 9.99. The van der Waals surface area contributed by atoms with Crippen molar-refractivity contribution < 1.29 is 19.4 Å². The van der Waals surface area contributed by atoms with Crippen LogP contribution in [0.15, 0.2) is 16.7 Å². The van der Waals surface area contributed by atoms with E-state index in [0.717, 1.165) is 4.47 Å². The van der Waals surface area contributed by atoms with Crippen molar-refractivity contribution in [2.75, 3.05) is 13.2 Å². The molecule has 7 heteroatoms. The van der Waals surface area contributed by atoms with E-state index in [1.165, 1.54) is 0 Å². The van der Waals surface area contributed by atoms with Crippen molar-refractivity contribution in [3.63, 3.8) is 0 Å². The predicted octanol–water partition coefficient (Wildman–Crippen LogP) is 1.24. The highest BCUT2D eigenvalue weighted by atomic mass is 79.9. The molecule has 0 aromatic carbocycles. The molecule has 1 amide bonds. The van der Waals surface area contributed by atoms with Gasteiger partial charge in [-0.05, 0) is 28.9 Å². The lowest BCUT2D eigenvalue weighted by Crippen LogP contribution is -2.55. The van der Waals surface area contributed by atoms with E-state index >= 15 is 0 Å². The number of aryl methyl sites for hydroxylation is 1. The summed E-state index contributed by atoms with van der Waals surface area (Å²) in [6, 6.07) is 1.67. The second-order valence-electron chi connectivity index (χ2n) is 4.47. The highest BCUT2D eigenvalue weighted by Crippen LogP contribution is 2.21. The number of amides is 1. The van der Waals surface area contributed by atoms with E-state index in [-0.39, 0.29) is 13.0 Å². The maximum atomic E-state index is 12.2. The van der Waals surface area contributed by atoms with Crippen molar-refractivity contribution in [2.24, 2.45) is 0 Å². The third-order valence-electron chi connectivity index (χ3n) is 3.22. The van der Waals surface area contributed by atoms with Crippen LogP contribution in [-0.2, 0) is 16.1 Å². The van der Waals surface area contributed by atoms with E-state index in [0.29, 0.717) is 18.8 Å². The zero-order valence-corrected chi connectivity index (χ0v) is 12.1. The third kappa shape index (κ3) is 2.66. The Balaban J connectivity index is 2.22. The largest absolute Gasteiger partial charge is 0.479 e. The van der Waals surface area contributed by atoms with E-state index in [1.807, 2.05) is 6.92 Å². The molecule has 1 saturated heterocycles. The maximum absolute atomic E-state index is 12.2. The zero-order valence-electron chi connectivity index (χ0n) is 10.5. The number of halogens is 1. The normalized spacial score (nSPS) is 22.4. The molecule has 1 fully saturated rings. The fourth-order valence-corrected chi connectivity index (χ4v) is 2.56. The van der Waals surface area contributed by atoms with Crippen LogP contribution in [0, 0.1) is 0 Å². The van der Waals surface area contributed by atoms with Crippen molar-refractivity contribution in [1.29, 1.82) is 0 Å². The summed E-state index contributed by atoms with van der Waals surface area (Å²) in [6.07, 6.45) is 2.07. The number of carboxylic acids is 1. The summed E-state index contributed by atoms with van der Waals surface area (Å²) in [5.41, 5.74) is -0.881. The Morgan fingerprint density at radius 3 is 2.89 bits per heavy atom. The smallest absolute Gasteiger partial charge is 0.331 e. The number of nitrogens with one attached hydrogen (secondary N) is 1. The number of hydrogen-bond donors (Lipinski definition) is 2. The first kappa shape index (κ1) is 14.1. The Bertz CT molecular complexity index is 506. The Kier molecular flexibility index (Phi) is 3.96. The minimum atomic E-state index is -1.31. The summed E-state index contributed by atoms with van der Waals surface area (Å²) in [5, 5.41) is 11.9. The molecule has 6 nitrogen and oxygen atoms in total. The molecule has 1 aliphatic heterocycles. The van der Waals surface area contributed by atoms with Crippen molar-refractivity contribution in [3.8, 4) is 0 Å². The molecule has 19 heavy (non-hydrogen) atoms. The van der Waals surface area contributed by atoms with Gasteiger partial charge in [-0.3, -0.25) is 4.79 Å². The molecule has 0 aliphatic carbocycles. The summed E-state index contributed by atoms with van der Waals surface area (Å²) in [5.74, 6) is -1.47. The average molecular weight is 331 g/mol. The van der Waals surface area contributed by atoms with Crippen molar-refractivity contribution >= 4 is 27.8 Å². The molecular weight excluding hydrogens is 316 g/mol. The van der Waals surface area contributed by atoms with Gasteiger partial charge in [-0.2, -0.15) is 0 Å². The lowest BCUT2D eigenvalue weighted by Gasteiger charge is -2.23. The van der Waals surface area contributed by atoms with Crippen LogP contribution in [0.5, 0.6) is 0 Å². The number of hydrogen-bond acceptors (Lipinski definition) is 3. The topological polar surface area (TPSA) is 80.6 Å². The standard InChI is InChI=1S/C12H15BrN2O4/c1-2-15-6-8(13)5-9(15)10(16)14-12(11(17)18)3-4-19-7-12/h5-6H,2-4,7H2,1H3,(H,14,16)(H,17,18). The van der Waals surface area contributed by atoms with Gasteiger partial charge in [0, 0.05) is 30.2 Å². The Morgan fingerprint density at radius 1 is 1.63 bits per heavy atom. The summed E-state index contributed by atoms with van der Waals surface area (Å²) in [7, 11) is 0. The van der Waals surface area contributed by atoms with Gasteiger partial charge in [-0.1, -0.05) is 0 Å². The number of rotatable bonds is 4. The van der Waals surface area contributed by atoms with Gasteiger partial charge in [-0.25, -0.2) is 4.79 Å². The van der Waals surface area contributed by atoms with Crippen LogP contribution in [0.2, 0.25) is 0 Å². The van der Waals surface area contributed by atoms with E-state index < -0.39 is 17.4 Å². The first-order valence-electron chi connectivity index (χ1n) is 5.98. The second-order valence-corrected chi connectivity index (χ2v) is 5.39. The van der Waals surface area contributed by atoms with Gasteiger partial charge in [-0.15, -0.1) is 0 Å². The summed E-state index contributed by atoms with van der Waals surface area (Å²) in [6.45, 7) is 2.88. The molecule has 1 aromatic rings. The van der Waals surface area contributed by atoms with Gasteiger partial charge in [0.1, 0.15) is 5.69 Å². The molecule has 1 aliphatic rings. The van der Waals surface area contributed by atoms with E-state index in [1.54, 1.807) is 16.8 Å². The van der Waals surface area contributed by atoms with Gasteiger partial charge < -0.3 is 19.7 Å².